The third-order valence-electron chi connectivity index (χ3n) is 2.66. The number of rotatable bonds is 7. The Hall–Kier alpha value is -1.89. The van der Waals surface area contributed by atoms with Gasteiger partial charge in [-0.3, -0.25) is 9.59 Å². The SMILES string of the molecule is CC(=O)NCCCNC(=O)c1ccc(CS(C)(=O)=O)cc1. The van der Waals surface area contributed by atoms with Gasteiger partial charge in [0.25, 0.3) is 5.91 Å². The summed E-state index contributed by atoms with van der Waals surface area (Å²) in [7, 11) is -3.07. The molecular weight excluding hydrogens is 292 g/mol. The maximum Gasteiger partial charge on any atom is 0.251 e. The van der Waals surface area contributed by atoms with E-state index in [1.165, 1.54) is 13.2 Å². The highest BCUT2D eigenvalue weighted by Crippen LogP contribution is 2.07. The second kappa shape index (κ2) is 7.78. The van der Waals surface area contributed by atoms with Crippen LogP contribution < -0.4 is 10.6 Å². The van der Waals surface area contributed by atoms with Gasteiger partial charge in [-0.1, -0.05) is 12.1 Å². The molecule has 21 heavy (non-hydrogen) atoms. The molecule has 0 aromatic heterocycles. The van der Waals surface area contributed by atoms with Crippen molar-refractivity contribution in [1.82, 2.24) is 10.6 Å². The molecule has 0 unspecified atom stereocenters. The summed E-state index contributed by atoms with van der Waals surface area (Å²) in [6.07, 6.45) is 1.82. The Labute approximate surface area is 124 Å². The van der Waals surface area contributed by atoms with Crippen molar-refractivity contribution in [3.8, 4) is 0 Å². The summed E-state index contributed by atoms with van der Waals surface area (Å²) in [5.41, 5.74) is 1.13. The van der Waals surface area contributed by atoms with Gasteiger partial charge in [0.2, 0.25) is 5.91 Å². The van der Waals surface area contributed by atoms with Crippen LogP contribution in [0.15, 0.2) is 24.3 Å². The Morgan fingerprint density at radius 1 is 1.05 bits per heavy atom. The lowest BCUT2D eigenvalue weighted by Gasteiger charge is -2.06. The Morgan fingerprint density at radius 2 is 1.62 bits per heavy atom. The fourth-order valence-corrected chi connectivity index (χ4v) is 2.51. The first-order valence-electron chi connectivity index (χ1n) is 6.57. The van der Waals surface area contributed by atoms with Crippen LogP contribution in [0.3, 0.4) is 0 Å². The number of benzene rings is 1. The number of sulfone groups is 1. The molecule has 0 radical (unpaired) electrons. The molecule has 2 amide bonds. The van der Waals surface area contributed by atoms with Crippen LogP contribution in [-0.4, -0.2) is 39.6 Å². The van der Waals surface area contributed by atoms with Crippen molar-refractivity contribution in [3.63, 3.8) is 0 Å². The molecule has 0 spiro atoms. The van der Waals surface area contributed by atoms with Gasteiger partial charge in [-0.25, -0.2) is 8.42 Å². The third-order valence-corrected chi connectivity index (χ3v) is 3.52. The number of hydrogen-bond donors (Lipinski definition) is 2. The zero-order valence-electron chi connectivity index (χ0n) is 12.2. The summed E-state index contributed by atoms with van der Waals surface area (Å²) in [6, 6.07) is 6.47. The molecule has 1 rings (SSSR count). The average Bonchev–Trinajstić information content (AvgIpc) is 2.36. The quantitative estimate of drug-likeness (QED) is 0.717. The lowest BCUT2D eigenvalue weighted by atomic mass is 10.1. The summed E-state index contributed by atoms with van der Waals surface area (Å²) in [5.74, 6) is -0.350. The molecule has 0 aliphatic rings. The van der Waals surface area contributed by atoms with E-state index >= 15 is 0 Å². The van der Waals surface area contributed by atoms with Crippen LogP contribution in [-0.2, 0) is 20.4 Å². The first-order valence-corrected chi connectivity index (χ1v) is 8.63. The number of carbonyl (C=O) groups excluding carboxylic acids is 2. The monoisotopic (exact) mass is 312 g/mol. The van der Waals surface area contributed by atoms with Crippen molar-refractivity contribution in [1.29, 1.82) is 0 Å². The molecule has 0 atom stereocenters. The molecule has 7 heteroatoms. The van der Waals surface area contributed by atoms with Crippen molar-refractivity contribution in [2.24, 2.45) is 0 Å². The molecule has 1 aromatic rings. The molecule has 0 saturated heterocycles. The minimum Gasteiger partial charge on any atom is -0.356 e. The van der Waals surface area contributed by atoms with E-state index in [0.29, 0.717) is 30.6 Å². The van der Waals surface area contributed by atoms with E-state index in [0.717, 1.165) is 0 Å². The zero-order valence-corrected chi connectivity index (χ0v) is 13.0. The normalized spacial score (nSPS) is 11.0. The Bertz CT molecular complexity index is 594. The molecular formula is C14H20N2O4S. The second-order valence-electron chi connectivity index (χ2n) is 4.86. The van der Waals surface area contributed by atoms with Crippen molar-refractivity contribution in [3.05, 3.63) is 35.4 Å². The van der Waals surface area contributed by atoms with Crippen LogP contribution in [0.4, 0.5) is 0 Å². The van der Waals surface area contributed by atoms with Crippen LogP contribution in [0.25, 0.3) is 0 Å². The summed E-state index contributed by atoms with van der Waals surface area (Å²) in [4.78, 5) is 22.5. The van der Waals surface area contributed by atoms with Gasteiger partial charge in [-0.15, -0.1) is 0 Å². The van der Waals surface area contributed by atoms with Crippen molar-refractivity contribution in [2.75, 3.05) is 19.3 Å². The molecule has 0 aliphatic heterocycles. The van der Waals surface area contributed by atoms with Crippen LogP contribution in [0.1, 0.15) is 29.3 Å². The van der Waals surface area contributed by atoms with E-state index in [2.05, 4.69) is 10.6 Å². The maximum atomic E-state index is 11.8. The third kappa shape index (κ3) is 7.45. The molecule has 0 aliphatic carbocycles. The van der Waals surface area contributed by atoms with Crippen LogP contribution in [0.5, 0.6) is 0 Å². The highest BCUT2D eigenvalue weighted by molar-refractivity contribution is 7.89. The molecule has 2 N–H and O–H groups in total. The predicted octanol–water partition coefficient (Wildman–Crippen LogP) is 0.487. The van der Waals surface area contributed by atoms with Gasteiger partial charge in [-0.05, 0) is 24.1 Å². The Morgan fingerprint density at radius 3 is 2.14 bits per heavy atom. The van der Waals surface area contributed by atoms with Crippen molar-refractivity contribution in [2.45, 2.75) is 19.1 Å². The summed E-state index contributed by atoms with van der Waals surface area (Å²) in [5, 5.41) is 5.37. The standard InChI is InChI=1S/C14H20N2O4S/c1-11(17)15-8-3-9-16-14(18)13-6-4-12(5-7-13)10-21(2,19)20/h4-7H,3,8-10H2,1-2H3,(H,15,17)(H,16,18). The van der Waals surface area contributed by atoms with E-state index in [1.807, 2.05) is 0 Å². The fraction of sp³-hybridized carbons (Fsp3) is 0.429. The van der Waals surface area contributed by atoms with E-state index in [9.17, 15) is 18.0 Å². The molecule has 6 nitrogen and oxygen atoms in total. The Balaban J connectivity index is 2.43. The lowest BCUT2D eigenvalue weighted by molar-refractivity contribution is -0.118. The van der Waals surface area contributed by atoms with Crippen molar-refractivity contribution < 1.29 is 18.0 Å². The maximum absolute atomic E-state index is 11.8. The summed E-state index contributed by atoms with van der Waals surface area (Å²) < 4.78 is 22.3. The fourth-order valence-electron chi connectivity index (χ4n) is 1.71. The van der Waals surface area contributed by atoms with E-state index in [-0.39, 0.29) is 17.6 Å². The van der Waals surface area contributed by atoms with Gasteiger partial charge in [0.15, 0.2) is 9.84 Å². The lowest BCUT2D eigenvalue weighted by Crippen LogP contribution is -2.28. The summed E-state index contributed by atoms with van der Waals surface area (Å²) in [6.45, 7) is 2.42. The van der Waals surface area contributed by atoms with Gasteiger partial charge in [0, 0.05) is 31.8 Å². The second-order valence-corrected chi connectivity index (χ2v) is 7.00. The topological polar surface area (TPSA) is 92.3 Å². The highest BCUT2D eigenvalue weighted by Gasteiger charge is 2.07. The average molecular weight is 312 g/mol. The number of nitrogens with one attached hydrogen (secondary N) is 2. The number of carbonyl (C=O) groups is 2. The molecule has 1 aromatic carbocycles. The molecule has 0 bridgehead atoms. The first kappa shape index (κ1) is 17.2. The zero-order chi connectivity index (χ0) is 15.9. The highest BCUT2D eigenvalue weighted by atomic mass is 32.2. The Kier molecular flexibility index (Phi) is 6.36. The van der Waals surface area contributed by atoms with Gasteiger partial charge in [0.05, 0.1) is 5.75 Å². The minimum absolute atomic E-state index is 0.0361. The first-order chi connectivity index (χ1) is 9.78. The van der Waals surface area contributed by atoms with E-state index in [1.54, 1.807) is 24.3 Å². The number of hydrogen-bond acceptors (Lipinski definition) is 4. The molecule has 0 fully saturated rings. The largest absolute Gasteiger partial charge is 0.356 e. The molecule has 116 valence electrons. The molecule has 0 saturated carbocycles. The van der Waals surface area contributed by atoms with Gasteiger partial charge in [-0.2, -0.15) is 0 Å². The van der Waals surface area contributed by atoms with Crippen molar-refractivity contribution >= 4 is 21.7 Å². The van der Waals surface area contributed by atoms with Crippen LogP contribution >= 0.6 is 0 Å². The van der Waals surface area contributed by atoms with Gasteiger partial charge < -0.3 is 10.6 Å². The minimum atomic E-state index is -3.07. The van der Waals surface area contributed by atoms with Crippen LogP contribution in [0.2, 0.25) is 0 Å². The van der Waals surface area contributed by atoms with Gasteiger partial charge in [0.1, 0.15) is 0 Å². The van der Waals surface area contributed by atoms with Crippen LogP contribution in [0, 0.1) is 0 Å². The van der Waals surface area contributed by atoms with E-state index in [4.69, 9.17) is 0 Å². The smallest absolute Gasteiger partial charge is 0.251 e. The number of amides is 2. The van der Waals surface area contributed by atoms with Gasteiger partial charge >= 0.3 is 0 Å². The summed E-state index contributed by atoms with van der Waals surface area (Å²) >= 11 is 0. The predicted molar refractivity (Wildman–Crippen MR) is 80.6 cm³/mol. The molecule has 0 heterocycles. The van der Waals surface area contributed by atoms with E-state index < -0.39 is 9.84 Å².